The molecule has 0 radical (unpaired) electrons. The summed E-state index contributed by atoms with van der Waals surface area (Å²) < 4.78 is 36.1. The third-order valence-corrected chi connectivity index (χ3v) is 5.75. The number of hydrogen-bond acceptors (Lipinski definition) is 3. The summed E-state index contributed by atoms with van der Waals surface area (Å²) in [6.45, 7) is 1.51. The normalized spacial score (nSPS) is 21.4. The summed E-state index contributed by atoms with van der Waals surface area (Å²) in [5, 5.41) is 2.83. The van der Waals surface area contributed by atoms with Crippen molar-refractivity contribution in [3.63, 3.8) is 0 Å². The molecule has 144 valence electrons. The Morgan fingerprint density at radius 3 is 3.00 bits per heavy atom. The number of rotatable bonds is 4. The maximum Gasteiger partial charge on any atom is 0.226 e. The second-order valence-electron chi connectivity index (χ2n) is 6.93. The predicted octanol–water partition coefficient (Wildman–Crippen LogP) is 3.26. The second kappa shape index (κ2) is 7.33. The lowest BCUT2D eigenvalue weighted by Gasteiger charge is -2.13. The van der Waals surface area contributed by atoms with Gasteiger partial charge < -0.3 is 19.6 Å². The summed E-state index contributed by atoms with van der Waals surface area (Å²) in [5.41, 5.74) is 1.46. The van der Waals surface area contributed by atoms with Crippen LogP contribution in [-0.4, -0.2) is 34.7 Å². The molecule has 5 nitrogen and oxygen atoms in total. The summed E-state index contributed by atoms with van der Waals surface area (Å²) in [6, 6.07) is 2.41. The van der Waals surface area contributed by atoms with E-state index in [1.807, 2.05) is 0 Å². The predicted molar refractivity (Wildman–Crippen MR) is 98.5 cm³/mol. The van der Waals surface area contributed by atoms with Crippen molar-refractivity contribution in [2.45, 2.75) is 37.8 Å². The number of nitrogens with zero attached hydrogens (tertiary/aromatic N) is 1. The van der Waals surface area contributed by atoms with Gasteiger partial charge in [-0.3, -0.25) is 4.79 Å². The maximum atomic E-state index is 14.4. The summed E-state index contributed by atoms with van der Waals surface area (Å²) in [7, 11) is 0. The number of ether oxygens (including phenoxy) is 1. The van der Waals surface area contributed by atoms with E-state index >= 15 is 0 Å². The van der Waals surface area contributed by atoms with Crippen LogP contribution in [0.4, 0.5) is 8.78 Å². The molecule has 0 bridgehead atoms. The largest absolute Gasteiger partial charge is 0.379 e. The Bertz CT molecular complexity index is 953. The molecule has 3 heterocycles. The van der Waals surface area contributed by atoms with Crippen LogP contribution >= 0.6 is 23.8 Å². The highest BCUT2D eigenvalue weighted by molar-refractivity contribution is 7.71. The number of aromatic amines is 1. The van der Waals surface area contributed by atoms with Crippen LogP contribution in [0.2, 0.25) is 5.02 Å². The van der Waals surface area contributed by atoms with Gasteiger partial charge in [-0.25, -0.2) is 8.78 Å². The molecule has 1 saturated heterocycles. The highest BCUT2D eigenvalue weighted by Crippen LogP contribution is 2.36. The van der Waals surface area contributed by atoms with Crippen molar-refractivity contribution in [1.29, 1.82) is 0 Å². The fourth-order valence-electron chi connectivity index (χ4n) is 3.84. The molecule has 2 aliphatic rings. The van der Waals surface area contributed by atoms with E-state index in [-0.39, 0.29) is 29.0 Å². The Hall–Kier alpha value is -1.77. The number of benzene rings is 1. The van der Waals surface area contributed by atoms with Gasteiger partial charge in [-0.15, -0.1) is 0 Å². The second-order valence-corrected chi connectivity index (χ2v) is 7.72. The van der Waals surface area contributed by atoms with Gasteiger partial charge in [-0.05, 0) is 37.2 Å². The number of amides is 1. The third-order valence-electron chi connectivity index (χ3n) is 5.14. The van der Waals surface area contributed by atoms with Crippen molar-refractivity contribution < 1.29 is 18.3 Å². The average Bonchev–Trinajstić information content (AvgIpc) is 3.32. The zero-order valence-electron chi connectivity index (χ0n) is 14.4. The van der Waals surface area contributed by atoms with Gasteiger partial charge in [-0.2, -0.15) is 0 Å². The fraction of sp³-hybridized carbons (Fsp3) is 0.444. The van der Waals surface area contributed by atoms with Crippen molar-refractivity contribution in [1.82, 2.24) is 14.9 Å². The van der Waals surface area contributed by atoms with Gasteiger partial charge in [0.2, 0.25) is 5.91 Å². The summed E-state index contributed by atoms with van der Waals surface area (Å²) in [6.07, 6.45) is 1.32. The molecule has 27 heavy (non-hydrogen) atoms. The molecule has 2 aliphatic heterocycles. The average molecular weight is 414 g/mol. The molecular formula is C18H18ClF2N3O2S. The molecular weight excluding hydrogens is 396 g/mol. The minimum Gasteiger partial charge on any atom is -0.379 e. The number of hydrogen-bond donors (Lipinski definition) is 2. The quantitative estimate of drug-likeness (QED) is 0.597. The lowest BCUT2D eigenvalue weighted by molar-refractivity contribution is -0.121. The fourth-order valence-corrected chi connectivity index (χ4v) is 4.32. The third kappa shape index (κ3) is 3.53. The molecule has 2 N–H and O–H groups in total. The molecule has 4 rings (SSSR count). The van der Waals surface area contributed by atoms with E-state index in [2.05, 4.69) is 10.3 Å². The standard InChI is InChI=1S/C18H18ClF2N3O2S/c19-11-1-2-12(20)16(17(11)21)9-5-14-13(23-18(27)24(14)7-9)6-15(25)22-10-3-4-26-8-10/h1-2,9-10H,3-8H2,(H,22,25)(H,23,27)/t9-,10+/m1/s1. The molecule has 0 aliphatic carbocycles. The topological polar surface area (TPSA) is 59.0 Å². The minimum atomic E-state index is -0.733. The molecule has 1 amide bonds. The van der Waals surface area contributed by atoms with Gasteiger partial charge >= 0.3 is 0 Å². The summed E-state index contributed by atoms with van der Waals surface area (Å²) >= 11 is 11.2. The lowest BCUT2D eigenvalue weighted by Crippen LogP contribution is -2.36. The Balaban J connectivity index is 1.55. The summed E-state index contributed by atoms with van der Waals surface area (Å²) in [5.74, 6) is -1.90. The zero-order valence-corrected chi connectivity index (χ0v) is 15.9. The first kappa shape index (κ1) is 18.6. The first-order valence-electron chi connectivity index (χ1n) is 8.75. The van der Waals surface area contributed by atoms with E-state index in [1.165, 1.54) is 12.1 Å². The van der Waals surface area contributed by atoms with Crippen LogP contribution in [0.5, 0.6) is 0 Å². The Kier molecular flexibility index (Phi) is 5.05. The molecule has 1 aromatic heterocycles. The first-order valence-corrected chi connectivity index (χ1v) is 9.53. The number of fused-ring (bicyclic) bond motifs is 1. The number of carbonyl (C=O) groups is 1. The molecule has 2 aromatic rings. The first-order chi connectivity index (χ1) is 12.9. The smallest absolute Gasteiger partial charge is 0.226 e. The van der Waals surface area contributed by atoms with Gasteiger partial charge in [0.15, 0.2) is 4.77 Å². The van der Waals surface area contributed by atoms with E-state index in [4.69, 9.17) is 28.6 Å². The molecule has 1 aromatic carbocycles. The molecule has 1 fully saturated rings. The molecule has 9 heteroatoms. The van der Waals surface area contributed by atoms with Crippen molar-refractivity contribution in [3.05, 3.63) is 50.5 Å². The van der Waals surface area contributed by atoms with Crippen molar-refractivity contribution in [2.24, 2.45) is 0 Å². The molecule has 2 atom stereocenters. The number of imidazole rings is 1. The van der Waals surface area contributed by atoms with E-state index in [0.717, 1.165) is 12.1 Å². The van der Waals surface area contributed by atoms with E-state index in [9.17, 15) is 13.6 Å². The molecule has 0 saturated carbocycles. The molecule has 0 unspecified atom stereocenters. The zero-order chi connectivity index (χ0) is 19.1. The highest BCUT2D eigenvalue weighted by Gasteiger charge is 2.32. The van der Waals surface area contributed by atoms with Gasteiger partial charge in [0, 0.05) is 36.0 Å². The van der Waals surface area contributed by atoms with E-state index in [1.54, 1.807) is 4.57 Å². The van der Waals surface area contributed by atoms with E-state index in [0.29, 0.717) is 36.6 Å². The lowest BCUT2D eigenvalue weighted by atomic mass is 9.95. The van der Waals surface area contributed by atoms with Crippen LogP contribution in [0.1, 0.15) is 29.3 Å². The van der Waals surface area contributed by atoms with Crippen LogP contribution < -0.4 is 5.32 Å². The van der Waals surface area contributed by atoms with Gasteiger partial charge in [-0.1, -0.05) is 11.6 Å². The Morgan fingerprint density at radius 1 is 1.44 bits per heavy atom. The Labute approximate surface area is 164 Å². The number of nitrogens with one attached hydrogen (secondary N) is 2. The van der Waals surface area contributed by atoms with Crippen LogP contribution in [0.15, 0.2) is 12.1 Å². The maximum absolute atomic E-state index is 14.4. The van der Waals surface area contributed by atoms with Gasteiger partial charge in [0.1, 0.15) is 11.6 Å². The van der Waals surface area contributed by atoms with Gasteiger partial charge in [0.05, 0.1) is 24.1 Å². The number of aromatic nitrogens is 2. The van der Waals surface area contributed by atoms with Crippen LogP contribution in [0, 0.1) is 16.4 Å². The van der Waals surface area contributed by atoms with Crippen molar-refractivity contribution in [2.75, 3.05) is 13.2 Å². The van der Waals surface area contributed by atoms with E-state index < -0.39 is 17.6 Å². The summed E-state index contributed by atoms with van der Waals surface area (Å²) in [4.78, 5) is 15.4. The van der Waals surface area contributed by atoms with Crippen LogP contribution in [-0.2, 0) is 28.9 Å². The number of H-pyrrole nitrogens is 1. The van der Waals surface area contributed by atoms with Crippen molar-refractivity contribution in [3.8, 4) is 0 Å². The Morgan fingerprint density at radius 2 is 2.26 bits per heavy atom. The highest BCUT2D eigenvalue weighted by atomic mass is 35.5. The monoisotopic (exact) mass is 413 g/mol. The SMILES string of the molecule is O=C(Cc1[nH]c(=S)n2c1C[C@@H](c1c(F)ccc(Cl)c1F)C2)N[C@H]1CCOC1. The molecule has 0 spiro atoms. The van der Waals surface area contributed by atoms with Crippen molar-refractivity contribution >= 4 is 29.7 Å². The van der Waals surface area contributed by atoms with Crippen LogP contribution in [0.25, 0.3) is 0 Å². The van der Waals surface area contributed by atoms with Gasteiger partial charge in [0.25, 0.3) is 0 Å². The van der Waals surface area contributed by atoms with Crippen LogP contribution in [0.3, 0.4) is 0 Å². The number of carbonyl (C=O) groups excluding carboxylic acids is 1. The number of halogens is 3. The minimum absolute atomic E-state index is 0.0264.